The Labute approximate surface area is 148 Å². The van der Waals surface area contributed by atoms with Gasteiger partial charge >= 0.3 is 5.97 Å². The van der Waals surface area contributed by atoms with E-state index >= 15 is 0 Å². The number of methoxy groups -OCH3 is 1. The van der Waals surface area contributed by atoms with Gasteiger partial charge in [0.25, 0.3) is 0 Å². The zero-order valence-corrected chi connectivity index (χ0v) is 14.8. The number of carboxylic acid groups (broad SMARTS) is 1. The topological polar surface area (TPSA) is 66.8 Å². The number of aromatic hydroxyl groups is 1. The van der Waals surface area contributed by atoms with E-state index in [-0.39, 0.29) is 11.3 Å². The minimum absolute atomic E-state index is 0.0910. The normalized spacial score (nSPS) is 11.2. The summed E-state index contributed by atoms with van der Waals surface area (Å²) in [5.74, 6) is -0.412. The van der Waals surface area contributed by atoms with Crippen molar-refractivity contribution in [3.05, 3.63) is 58.7 Å². The van der Waals surface area contributed by atoms with Gasteiger partial charge in [0.15, 0.2) is 0 Å². The van der Waals surface area contributed by atoms with Gasteiger partial charge in [-0.25, -0.2) is 4.79 Å². The summed E-state index contributed by atoms with van der Waals surface area (Å²) in [7, 11) is 1.53. The Bertz CT molecular complexity index is 761. The molecule has 0 atom stereocenters. The lowest BCUT2D eigenvalue weighted by atomic mass is 9.95. The predicted octanol–water partition coefficient (Wildman–Crippen LogP) is 4.86. The molecule has 0 unspecified atom stereocenters. The number of aromatic carboxylic acids is 1. The largest absolute Gasteiger partial charge is 0.507 e. The molecule has 0 spiro atoms. The van der Waals surface area contributed by atoms with Gasteiger partial charge in [-0.2, -0.15) is 0 Å². The molecule has 0 saturated carbocycles. The van der Waals surface area contributed by atoms with Crippen LogP contribution in [0.15, 0.2) is 36.4 Å². The third kappa shape index (κ3) is 4.63. The zero-order valence-electron chi connectivity index (χ0n) is 14.8. The number of phenols is 1. The number of rotatable bonds is 7. The van der Waals surface area contributed by atoms with E-state index in [9.17, 15) is 15.0 Å². The van der Waals surface area contributed by atoms with Gasteiger partial charge in [-0.15, -0.1) is 0 Å². The molecule has 2 aromatic carbocycles. The van der Waals surface area contributed by atoms with E-state index < -0.39 is 5.97 Å². The molecule has 2 rings (SSSR count). The van der Waals surface area contributed by atoms with Crippen molar-refractivity contribution in [1.29, 1.82) is 0 Å². The van der Waals surface area contributed by atoms with E-state index in [4.69, 9.17) is 4.74 Å². The maximum atomic E-state index is 11.7. The molecule has 0 saturated heterocycles. The van der Waals surface area contributed by atoms with Crippen LogP contribution in [0.2, 0.25) is 0 Å². The predicted molar refractivity (Wildman–Crippen MR) is 100 cm³/mol. The fraction of sp³-hybridized carbons (Fsp3) is 0.286. The van der Waals surface area contributed by atoms with Gasteiger partial charge in [0.1, 0.15) is 17.1 Å². The van der Waals surface area contributed by atoms with E-state index in [0.29, 0.717) is 29.2 Å². The highest BCUT2D eigenvalue weighted by Crippen LogP contribution is 2.36. The molecule has 0 aliphatic carbocycles. The van der Waals surface area contributed by atoms with Crippen LogP contribution in [0.5, 0.6) is 11.5 Å². The van der Waals surface area contributed by atoms with Crippen LogP contribution in [-0.4, -0.2) is 23.3 Å². The second-order valence-corrected chi connectivity index (χ2v) is 6.35. The summed E-state index contributed by atoms with van der Waals surface area (Å²) in [6, 6.07) is 11.3. The number of benzene rings is 2. The smallest absolute Gasteiger partial charge is 0.340 e. The average molecular weight is 340 g/mol. The van der Waals surface area contributed by atoms with Crippen molar-refractivity contribution >= 4 is 18.1 Å². The quantitative estimate of drug-likeness (QED) is 0.707. The summed E-state index contributed by atoms with van der Waals surface area (Å²) >= 11 is 0. The molecular formula is C21H24O4. The summed E-state index contributed by atoms with van der Waals surface area (Å²) < 4.78 is 5.40. The number of hydrogen-bond donors (Lipinski definition) is 2. The number of carboxylic acids is 1. The SMILES string of the molecule is COc1cc(/C=C/c2ccccc2)c(C(=O)O)c(O)c1CCC(C)C. The van der Waals surface area contributed by atoms with Crippen molar-refractivity contribution in [3.63, 3.8) is 0 Å². The van der Waals surface area contributed by atoms with Crippen molar-refractivity contribution in [2.75, 3.05) is 7.11 Å². The lowest BCUT2D eigenvalue weighted by Crippen LogP contribution is -2.05. The molecule has 2 aromatic rings. The van der Waals surface area contributed by atoms with Crippen LogP contribution in [0.3, 0.4) is 0 Å². The maximum Gasteiger partial charge on any atom is 0.340 e. The van der Waals surface area contributed by atoms with Gasteiger partial charge in [0.2, 0.25) is 0 Å². The van der Waals surface area contributed by atoms with Gasteiger partial charge in [-0.3, -0.25) is 0 Å². The van der Waals surface area contributed by atoms with Crippen LogP contribution in [0.25, 0.3) is 12.2 Å². The number of carbonyl (C=O) groups is 1. The standard InChI is InChI=1S/C21H24O4/c1-14(2)9-12-17-18(25-3)13-16(19(20(17)22)21(23)24)11-10-15-7-5-4-6-8-15/h4-8,10-11,13-14,22H,9,12H2,1-3H3,(H,23,24)/b11-10+. The van der Waals surface area contributed by atoms with E-state index in [1.54, 1.807) is 12.1 Å². The molecular weight excluding hydrogens is 316 g/mol. The number of hydrogen-bond acceptors (Lipinski definition) is 3. The van der Waals surface area contributed by atoms with Gasteiger partial charge in [0, 0.05) is 5.56 Å². The average Bonchev–Trinajstić information content (AvgIpc) is 2.58. The Morgan fingerprint density at radius 3 is 2.44 bits per heavy atom. The molecule has 0 aromatic heterocycles. The Balaban J connectivity index is 2.50. The van der Waals surface area contributed by atoms with Crippen molar-refractivity contribution in [3.8, 4) is 11.5 Å². The van der Waals surface area contributed by atoms with Crippen molar-refractivity contribution < 1.29 is 19.7 Å². The Hall–Kier alpha value is -2.75. The fourth-order valence-electron chi connectivity index (χ4n) is 2.67. The Kier molecular flexibility index (Phi) is 6.23. The van der Waals surface area contributed by atoms with Gasteiger partial charge in [0.05, 0.1) is 7.11 Å². The summed E-state index contributed by atoms with van der Waals surface area (Å²) in [4.78, 5) is 11.7. The minimum Gasteiger partial charge on any atom is -0.507 e. The molecule has 0 amide bonds. The third-order valence-electron chi connectivity index (χ3n) is 4.06. The Morgan fingerprint density at radius 2 is 1.88 bits per heavy atom. The molecule has 0 bridgehead atoms. The lowest BCUT2D eigenvalue weighted by Gasteiger charge is -2.16. The summed E-state index contributed by atoms with van der Waals surface area (Å²) in [6.07, 6.45) is 4.90. The first-order chi connectivity index (χ1) is 11.9. The molecule has 0 heterocycles. The first kappa shape index (κ1) is 18.6. The zero-order chi connectivity index (χ0) is 18.4. The van der Waals surface area contributed by atoms with Crippen LogP contribution in [-0.2, 0) is 6.42 Å². The Morgan fingerprint density at radius 1 is 1.20 bits per heavy atom. The molecule has 132 valence electrons. The van der Waals surface area contributed by atoms with Crippen LogP contribution in [0.1, 0.15) is 47.3 Å². The highest BCUT2D eigenvalue weighted by Gasteiger charge is 2.22. The van der Waals surface area contributed by atoms with E-state index in [1.807, 2.05) is 36.4 Å². The molecule has 4 heteroatoms. The molecule has 0 fully saturated rings. The maximum absolute atomic E-state index is 11.7. The van der Waals surface area contributed by atoms with Gasteiger partial charge in [-0.05, 0) is 36.0 Å². The van der Waals surface area contributed by atoms with Crippen LogP contribution < -0.4 is 4.74 Å². The summed E-state index contributed by atoms with van der Waals surface area (Å²) in [5.41, 5.74) is 1.82. The van der Waals surface area contributed by atoms with Gasteiger partial charge in [-0.1, -0.05) is 56.3 Å². The number of ether oxygens (including phenoxy) is 1. The summed E-state index contributed by atoms with van der Waals surface area (Å²) in [6.45, 7) is 4.16. The van der Waals surface area contributed by atoms with E-state index in [1.165, 1.54) is 7.11 Å². The van der Waals surface area contributed by atoms with E-state index in [2.05, 4.69) is 13.8 Å². The van der Waals surface area contributed by atoms with Crippen molar-refractivity contribution in [1.82, 2.24) is 0 Å². The second-order valence-electron chi connectivity index (χ2n) is 6.35. The van der Waals surface area contributed by atoms with Crippen LogP contribution in [0, 0.1) is 5.92 Å². The first-order valence-electron chi connectivity index (χ1n) is 8.33. The van der Waals surface area contributed by atoms with Crippen molar-refractivity contribution in [2.24, 2.45) is 5.92 Å². The molecule has 0 radical (unpaired) electrons. The van der Waals surface area contributed by atoms with Crippen molar-refractivity contribution in [2.45, 2.75) is 26.7 Å². The summed E-state index contributed by atoms with van der Waals surface area (Å²) in [5, 5.41) is 20.1. The third-order valence-corrected chi connectivity index (χ3v) is 4.06. The van der Waals surface area contributed by atoms with Crippen LogP contribution >= 0.6 is 0 Å². The molecule has 0 aliphatic rings. The minimum atomic E-state index is -1.15. The van der Waals surface area contributed by atoms with Gasteiger partial charge < -0.3 is 14.9 Å². The van der Waals surface area contributed by atoms with E-state index in [0.717, 1.165) is 12.0 Å². The highest BCUT2D eigenvalue weighted by molar-refractivity contribution is 5.97. The fourth-order valence-corrected chi connectivity index (χ4v) is 2.67. The first-order valence-corrected chi connectivity index (χ1v) is 8.33. The highest BCUT2D eigenvalue weighted by atomic mass is 16.5. The lowest BCUT2D eigenvalue weighted by molar-refractivity contribution is 0.0693. The monoisotopic (exact) mass is 340 g/mol. The molecule has 25 heavy (non-hydrogen) atoms. The molecule has 4 nitrogen and oxygen atoms in total. The molecule has 2 N–H and O–H groups in total. The second kappa shape index (κ2) is 8.38. The van der Waals surface area contributed by atoms with Crippen LogP contribution in [0.4, 0.5) is 0 Å². The molecule has 0 aliphatic heterocycles.